The maximum absolute atomic E-state index is 11.6. The molecule has 0 aliphatic carbocycles. The van der Waals surface area contributed by atoms with E-state index in [4.69, 9.17) is 0 Å². The van der Waals surface area contributed by atoms with Crippen molar-refractivity contribution in [3.63, 3.8) is 0 Å². The first-order chi connectivity index (χ1) is 12.3. The first-order valence-electron chi connectivity index (χ1n) is 9.38. The topological polar surface area (TPSA) is 68.8 Å². The lowest BCUT2D eigenvalue weighted by Gasteiger charge is -2.15. The van der Waals surface area contributed by atoms with Crippen LogP contribution >= 0.6 is 0 Å². The highest BCUT2D eigenvalue weighted by Gasteiger charge is 2.18. The van der Waals surface area contributed by atoms with Gasteiger partial charge in [0.15, 0.2) is 5.96 Å². The Labute approximate surface area is 151 Å². The van der Waals surface area contributed by atoms with Crippen molar-refractivity contribution in [2.24, 2.45) is 4.99 Å². The summed E-state index contributed by atoms with van der Waals surface area (Å²) in [6.07, 6.45) is 3.65. The molecule has 138 valence electrons. The van der Waals surface area contributed by atoms with E-state index in [0.717, 1.165) is 70.2 Å². The average molecular weight is 345 g/mol. The fraction of sp³-hybridized carbons (Fsp3) is 0.579. The molecule has 6 heteroatoms. The third kappa shape index (κ3) is 7.45. The smallest absolute Gasteiger partial charge is 0.222 e. The molecule has 1 heterocycles. The van der Waals surface area contributed by atoms with Crippen LogP contribution in [0.3, 0.4) is 0 Å². The molecule has 0 aromatic heterocycles. The fourth-order valence-electron chi connectivity index (χ4n) is 2.82. The Bertz CT molecular complexity index is 532. The average Bonchev–Trinajstić information content (AvgIpc) is 3.04. The van der Waals surface area contributed by atoms with Crippen LogP contribution in [-0.4, -0.2) is 56.0 Å². The number of aliphatic imine (C=N–C) groups is 1. The van der Waals surface area contributed by atoms with Crippen molar-refractivity contribution < 1.29 is 4.79 Å². The van der Waals surface area contributed by atoms with Crippen LogP contribution in [0.4, 0.5) is 5.69 Å². The molecule has 1 aromatic carbocycles. The molecule has 0 spiro atoms. The molecule has 0 saturated carbocycles. The number of hydrogen-bond acceptors (Lipinski definition) is 3. The van der Waals surface area contributed by atoms with Gasteiger partial charge in [0, 0.05) is 51.4 Å². The minimum absolute atomic E-state index is 0.292. The second-order valence-corrected chi connectivity index (χ2v) is 6.17. The van der Waals surface area contributed by atoms with E-state index in [1.165, 1.54) is 0 Å². The molecule has 25 heavy (non-hydrogen) atoms. The van der Waals surface area contributed by atoms with Crippen LogP contribution in [-0.2, 0) is 4.79 Å². The molecular formula is C19H31N5O. The van der Waals surface area contributed by atoms with Crippen LogP contribution in [0.1, 0.15) is 32.6 Å². The molecule has 1 aliphatic rings. The van der Waals surface area contributed by atoms with Crippen molar-refractivity contribution >= 4 is 17.6 Å². The van der Waals surface area contributed by atoms with E-state index in [2.05, 4.69) is 40.0 Å². The van der Waals surface area contributed by atoms with Gasteiger partial charge in [0.05, 0.1) is 0 Å². The zero-order valence-corrected chi connectivity index (χ0v) is 15.3. The molecule has 0 bridgehead atoms. The van der Waals surface area contributed by atoms with Gasteiger partial charge >= 0.3 is 0 Å². The van der Waals surface area contributed by atoms with Crippen molar-refractivity contribution in [3.8, 4) is 0 Å². The third-order valence-corrected chi connectivity index (χ3v) is 4.12. The first kappa shape index (κ1) is 19.1. The highest BCUT2D eigenvalue weighted by Crippen LogP contribution is 2.09. The van der Waals surface area contributed by atoms with Crippen LogP contribution in [0.2, 0.25) is 0 Å². The van der Waals surface area contributed by atoms with Crippen LogP contribution in [0, 0.1) is 0 Å². The summed E-state index contributed by atoms with van der Waals surface area (Å²) in [4.78, 5) is 18.1. The summed E-state index contributed by atoms with van der Waals surface area (Å²) in [6.45, 7) is 7.18. The monoisotopic (exact) mass is 345 g/mol. The normalized spacial score (nSPS) is 14.7. The number of hydrogen-bond donors (Lipinski definition) is 3. The molecule has 1 aliphatic heterocycles. The van der Waals surface area contributed by atoms with Gasteiger partial charge in [0.1, 0.15) is 0 Å². The number of carbonyl (C=O) groups excluding carboxylic acids is 1. The van der Waals surface area contributed by atoms with E-state index in [0.29, 0.717) is 12.3 Å². The largest absolute Gasteiger partial charge is 0.385 e. The first-order valence-corrected chi connectivity index (χ1v) is 9.38. The zero-order chi connectivity index (χ0) is 17.7. The Kier molecular flexibility index (Phi) is 8.66. The number of anilines is 1. The summed E-state index contributed by atoms with van der Waals surface area (Å²) < 4.78 is 0. The van der Waals surface area contributed by atoms with Gasteiger partial charge in [-0.05, 0) is 38.3 Å². The van der Waals surface area contributed by atoms with Crippen LogP contribution in [0.15, 0.2) is 35.3 Å². The number of carbonyl (C=O) groups is 1. The summed E-state index contributed by atoms with van der Waals surface area (Å²) in [5.74, 6) is 1.15. The Morgan fingerprint density at radius 2 is 2.00 bits per heavy atom. The second kappa shape index (κ2) is 11.3. The van der Waals surface area contributed by atoms with Crippen LogP contribution in [0.5, 0.6) is 0 Å². The Morgan fingerprint density at radius 1 is 1.16 bits per heavy atom. The molecule has 0 unspecified atom stereocenters. The molecule has 2 rings (SSSR count). The third-order valence-electron chi connectivity index (χ3n) is 4.12. The summed E-state index contributed by atoms with van der Waals surface area (Å²) in [5, 5.41) is 10.0. The molecule has 1 aromatic rings. The maximum atomic E-state index is 11.6. The van der Waals surface area contributed by atoms with Crippen molar-refractivity contribution in [3.05, 3.63) is 30.3 Å². The van der Waals surface area contributed by atoms with Crippen LogP contribution in [0.25, 0.3) is 0 Å². The van der Waals surface area contributed by atoms with Gasteiger partial charge < -0.3 is 20.9 Å². The van der Waals surface area contributed by atoms with E-state index in [-0.39, 0.29) is 0 Å². The number of guanidine groups is 1. The predicted octanol–water partition coefficient (Wildman–Crippen LogP) is 2.06. The van der Waals surface area contributed by atoms with E-state index in [1.807, 2.05) is 23.1 Å². The van der Waals surface area contributed by atoms with Crippen molar-refractivity contribution in [2.45, 2.75) is 32.6 Å². The molecule has 0 radical (unpaired) electrons. The summed E-state index contributed by atoms with van der Waals surface area (Å²) in [6, 6.07) is 10.2. The van der Waals surface area contributed by atoms with Gasteiger partial charge in [-0.15, -0.1) is 0 Å². The quantitative estimate of drug-likeness (QED) is 0.345. The van der Waals surface area contributed by atoms with Gasteiger partial charge in [-0.3, -0.25) is 9.79 Å². The molecule has 3 N–H and O–H groups in total. The molecule has 6 nitrogen and oxygen atoms in total. The van der Waals surface area contributed by atoms with E-state index < -0.39 is 0 Å². The van der Waals surface area contributed by atoms with Gasteiger partial charge in [0.2, 0.25) is 5.91 Å². The number of likely N-dealkylation sites (tertiary alicyclic amines) is 1. The minimum Gasteiger partial charge on any atom is -0.385 e. The summed E-state index contributed by atoms with van der Waals surface area (Å²) >= 11 is 0. The maximum Gasteiger partial charge on any atom is 0.222 e. The molecule has 1 saturated heterocycles. The van der Waals surface area contributed by atoms with Crippen molar-refractivity contribution in [1.29, 1.82) is 0 Å². The Morgan fingerprint density at radius 3 is 2.72 bits per heavy atom. The molecule has 1 fully saturated rings. The zero-order valence-electron chi connectivity index (χ0n) is 15.3. The van der Waals surface area contributed by atoms with Gasteiger partial charge in [-0.25, -0.2) is 0 Å². The van der Waals surface area contributed by atoms with Gasteiger partial charge in [-0.1, -0.05) is 18.2 Å². The van der Waals surface area contributed by atoms with Crippen LogP contribution < -0.4 is 16.0 Å². The van der Waals surface area contributed by atoms with E-state index in [1.54, 1.807) is 0 Å². The summed E-state index contributed by atoms with van der Waals surface area (Å²) in [7, 11) is 0. The van der Waals surface area contributed by atoms with Gasteiger partial charge in [-0.2, -0.15) is 0 Å². The summed E-state index contributed by atoms with van der Waals surface area (Å²) in [5.41, 5.74) is 1.15. The highest BCUT2D eigenvalue weighted by atomic mass is 16.2. The number of nitrogens with one attached hydrogen (secondary N) is 3. The number of rotatable bonds is 10. The number of nitrogens with zero attached hydrogens (tertiary/aromatic N) is 2. The van der Waals surface area contributed by atoms with Crippen molar-refractivity contribution in [2.75, 3.05) is 44.6 Å². The number of para-hydroxylation sites is 1. The standard InChI is InChI=1S/C19H31N5O/c1-2-20-19(23-14-8-16-24-15-6-11-18(24)25)22-13-7-12-21-17-9-4-3-5-10-17/h3-5,9-10,21H,2,6-8,11-16H2,1H3,(H2,20,22,23). The highest BCUT2D eigenvalue weighted by molar-refractivity contribution is 5.79. The second-order valence-electron chi connectivity index (χ2n) is 6.17. The SMILES string of the molecule is CCNC(=NCCCN1CCCC1=O)NCCCNc1ccccc1. The minimum atomic E-state index is 0.292. The van der Waals surface area contributed by atoms with Crippen molar-refractivity contribution in [1.82, 2.24) is 15.5 Å². The molecule has 0 atom stereocenters. The number of amides is 1. The van der Waals surface area contributed by atoms with Gasteiger partial charge in [0.25, 0.3) is 0 Å². The molecular weight excluding hydrogens is 314 g/mol. The van der Waals surface area contributed by atoms with E-state index in [9.17, 15) is 4.79 Å². The lowest BCUT2D eigenvalue weighted by molar-refractivity contribution is -0.127. The fourth-order valence-corrected chi connectivity index (χ4v) is 2.82. The Hall–Kier alpha value is -2.24. The lowest BCUT2D eigenvalue weighted by Crippen LogP contribution is -2.38. The Balaban J connectivity index is 1.59. The molecule has 1 amide bonds. The number of benzene rings is 1. The van der Waals surface area contributed by atoms with E-state index >= 15 is 0 Å². The predicted molar refractivity (Wildman–Crippen MR) is 104 cm³/mol. The lowest BCUT2D eigenvalue weighted by atomic mass is 10.3.